The predicted octanol–water partition coefficient (Wildman–Crippen LogP) is 2.10. The van der Waals surface area contributed by atoms with E-state index in [9.17, 15) is 9.18 Å². The highest BCUT2D eigenvalue weighted by Crippen LogP contribution is 2.19. The Morgan fingerprint density at radius 3 is 2.96 bits per heavy atom. The van der Waals surface area contributed by atoms with Gasteiger partial charge in [0.25, 0.3) is 0 Å². The normalized spacial score (nSPS) is 20.5. The lowest BCUT2D eigenvalue weighted by Crippen LogP contribution is -2.45. The highest BCUT2D eigenvalue weighted by Gasteiger charge is 2.26. The number of piperidine rings is 1. The van der Waals surface area contributed by atoms with E-state index < -0.39 is 0 Å². The number of nitrogens with one attached hydrogen (secondary N) is 1. The van der Waals surface area contributed by atoms with Crippen molar-refractivity contribution in [2.45, 2.75) is 32.4 Å². The fraction of sp³-hybridized carbons (Fsp3) is 0.611. The Kier molecular flexibility index (Phi) is 6.54. The second-order valence-corrected chi connectivity index (χ2v) is 6.76. The van der Waals surface area contributed by atoms with E-state index in [4.69, 9.17) is 0 Å². The highest BCUT2D eigenvalue weighted by atomic mass is 19.1. The molecule has 1 N–H and O–H groups in total. The molecule has 1 saturated heterocycles. The first-order chi connectivity index (χ1) is 11.0. The molecule has 0 aliphatic carbocycles. The van der Waals surface area contributed by atoms with Crippen molar-refractivity contribution >= 4 is 5.91 Å². The zero-order chi connectivity index (χ0) is 16.8. The Bertz CT molecular complexity index is 521. The van der Waals surface area contributed by atoms with Crippen LogP contribution >= 0.6 is 0 Å². The third-order valence-corrected chi connectivity index (χ3v) is 4.62. The Morgan fingerprint density at radius 2 is 2.26 bits per heavy atom. The molecule has 23 heavy (non-hydrogen) atoms. The summed E-state index contributed by atoms with van der Waals surface area (Å²) >= 11 is 0. The molecule has 1 aromatic rings. The number of rotatable bonds is 6. The molecule has 0 unspecified atom stereocenters. The number of likely N-dealkylation sites (N-methyl/N-ethyl adjacent to an activating group) is 1. The van der Waals surface area contributed by atoms with Gasteiger partial charge in [-0.15, -0.1) is 0 Å². The number of benzene rings is 1. The summed E-state index contributed by atoms with van der Waals surface area (Å²) in [6.07, 6.45) is 1.94. The van der Waals surface area contributed by atoms with E-state index in [0.29, 0.717) is 19.1 Å². The molecule has 1 amide bonds. The standard InChI is InChI=1S/C18H28FN3O/c1-14(21(2)3)11-20-18(23)16-7-5-9-22(13-16)12-15-6-4-8-17(19)10-15/h4,6,8,10,14,16H,5,7,9,11-13H2,1-3H3,(H,20,23)/t14-,16-/m0/s1. The fourth-order valence-electron chi connectivity index (χ4n) is 2.88. The van der Waals surface area contributed by atoms with Crippen LogP contribution in [0.5, 0.6) is 0 Å². The number of carbonyl (C=O) groups is 1. The number of hydrogen-bond donors (Lipinski definition) is 1. The Morgan fingerprint density at radius 1 is 1.48 bits per heavy atom. The fourth-order valence-corrected chi connectivity index (χ4v) is 2.88. The van der Waals surface area contributed by atoms with Gasteiger partial charge in [0.2, 0.25) is 5.91 Å². The molecule has 4 nitrogen and oxygen atoms in total. The molecule has 2 rings (SSSR count). The first kappa shape index (κ1) is 17.9. The van der Waals surface area contributed by atoms with Crippen LogP contribution in [0, 0.1) is 11.7 Å². The maximum Gasteiger partial charge on any atom is 0.224 e. The van der Waals surface area contributed by atoms with E-state index in [1.807, 2.05) is 20.2 Å². The first-order valence-electron chi connectivity index (χ1n) is 8.36. The van der Waals surface area contributed by atoms with Gasteiger partial charge in [-0.2, -0.15) is 0 Å². The second kappa shape index (κ2) is 8.41. The summed E-state index contributed by atoms with van der Waals surface area (Å²) < 4.78 is 13.3. The zero-order valence-electron chi connectivity index (χ0n) is 14.4. The average molecular weight is 321 g/mol. The molecule has 0 aromatic heterocycles. The molecule has 0 spiro atoms. The molecule has 1 aliphatic rings. The third-order valence-electron chi connectivity index (χ3n) is 4.62. The number of likely N-dealkylation sites (tertiary alicyclic amines) is 1. The van der Waals surface area contributed by atoms with Gasteiger partial charge in [0.15, 0.2) is 0 Å². The Hall–Kier alpha value is -1.46. The molecular weight excluding hydrogens is 293 g/mol. The van der Waals surface area contributed by atoms with Crippen LogP contribution in [0.15, 0.2) is 24.3 Å². The Balaban J connectivity index is 1.84. The van der Waals surface area contributed by atoms with Crippen molar-refractivity contribution in [3.63, 3.8) is 0 Å². The molecule has 0 radical (unpaired) electrons. The summed E-state index contributed by atoms with van der Waals surface area (Å²) in [4.78, 5) is 16.7. The lowest BCUT2D eigenvalue weighted by molar-refractivity contribution is -0.127. The van der Waals surface area contributed by atoms with Crippen LogP contribution in [0.2, 0.25) is 0 Å². The van der Waals surface area contributed by atoms with E-state index in [1.54, 1.807) is 12.1 Å². The molecule has 5 heteroatoms. The van der Waals surface area contributed by atoms with Crippen molar-refractivity contribution in [2.75, 3.05) is 33.7 Å². The van der Waals surface area contributed by atoms with Gasteiger partial charge in [0, 0.05) is 25.7 Å². The van der Waals surface area contributed by atoms with Crippen LogP contribution in [-0.2, 0) is 11.3 Å². The predicted molar refractivity (Wildman–Crippen MR) is 90.6 cm³/mol. The number of nitrogens with zero attached hydrogens (tertiary/aromatic N) is 2. The van der Waals surface area contributed by atoms with Gasteiger partial charge < -0.3 is 10.2 Å². The minimum atomic E-state index is -0.202. The molecular formula is C18H28FN3O. The lowest BCUT2D eigenvalue weighted by Gasteiger charge is -2.32. The van der Waals surface area contributed by atoms with Crippen LogP contribution in [0.1, 0.15) is 25.3 Å². The van der Waals surface area contributed by atoms with Crippen molar-refractivity contribution in [3.05, 3.63) is 35.6 Å². The number of halogens is 1. The number of amides is 1. The van der Waals surface area contributed by atoms with Gasteiger partial charge in [-0.25, -0.2) is 4.39 Å². The maximum absolute atomic E-state index is 13.3. The SMILES string of the molecule is C[C@@H](CNC(=O)[C@H]1CCCN(Cc2cccc(F)c2)C1)N(C)C. The second-order valence-electron chi connectivity index (χ2n) is 6.76. The van der Waals surface area contributed by atoms with Gasteiger partial charge in [-0.3, -0.25) is 9.69 Å². The maximum atomic E-state index is 13.3. The van der Waals surface area contributed by atoms with Gasteiger partial charge in [0.05, 0.1) is 5.92 Å². The van der Waals surface area contributed by atoms with Crippen molar-refractivity contribution < 1.29 is 9.18 Å². The third kappa shape index (κ3) is 5.59. The van der Waals surface area contributed by atoms with E-state index in [1.165, 1.54) is 6.07 Å². The van der Waals surface area contributed by atoms with E-state index in [-0.39, 0.29) is 17.6 Å². The van der Waals surface area contributed by atoms with E-state index in [0.717, 1.165) is 31.5 Å². The van der Waals surface area contributed by atoms with E-state index in [2.05, 4.69) is 22.0 Å². The summed E-state index contributed by atoms with van der Waals surface area (Å²) in [5.41, 5.74) is 0.965. The molecule has 1 heterocycles. The summed E-state index contributed by atoms with van der Waals surface area (Å²) in [5, 5.41) is 3.06. The summed E-state index contributed by atoms with van der Waals surface area (Å²) in [5.74, 6) is -0.0270. The first-order valence-corrected chi connectivity index (χ1v) is 8.36. The van der Waals surface area contributed by atoms with Gasteiger partial charge in [0.1, 0.15) is 5.82 Å². The van der Waals surface area contributed by atoms with Crippen molar-refractivity contribution in [1.82, 2.24) is 15.1 Å². The average Bonchev–Trinajstić information content (AvgIpc) is 2.52. The highest BCUT2D eigenvalue weighted by molar-refractivity contribution is 5.79. The molecule has 128 valence electrons. The smallest absolute Gasteiger partial charge is 0.224 e. The molecule has 0 saturated carbocycles. The summed E-state index contributed by atoms with van der Waals surface area (Å²) in [6, 6.07) is 7.03. The van der Waals surface area contributed by atoms with Crippen molar-refractivity contribution in [3.8, 4) is 0 Å². The minimum absolute atomic E-state index is 0.0340. The van der Waals surface area contributed by atoms with Gasteiger partial charge in [-0.1, -0.05) is 12.1 Å². The summed E-state index contributed by atoms with van der Waals surface area (Å²) in [6.45, 7) is 5.19. The molecule has 0 bridgehead atoms. The molecule has 2 atom stereocenters. The van der Waals surface area contributed by atoms with Crippen LogP contribution in [-0.4, -0.2) is 55.5 Å². The number of carbonyl (C=O) groups excluding carboxylic acids is 1. The van der Waals surface area contributed by atoms with Gasteiger partial charge in [-0.05, 0) is 58.1 Å². The Labute approximate surface area is 138 Å². The lowest BCUT2D eigenvalue weighted by atomic mass is 9.96. The summed E-state index contributed by atoms with van der Waals surface area (Å²) in [7, 11) is 4.02. The molecule has 1 aromatic carbocycles. The number of hydrogen-bond acceptors (Lipinski definition) is 3. The van der Waals surface area contributed by atoms with Crippen molar-refractivity contribution in [2.24, 2.45) is 5.92 Å². The monoisotopic (exact) mass is 321 g/mol. The minimum Gasteiger partial charge on any atom is -0.354 e. The van der Waals surface area contributed by atoms with Crippen LogP contribution in [0.4, 0.5) is 4.39 Å². The zero-order valence-corrected chi connectivity index (χ0v) is 14.4. The van der Waals surface area contributed by atoms with E-state index >= 15 is 0 Å². The van der Waals surface area contributed by atoms with Crippen LogP contribution in [0.3, 0.4) is 0 Å². The van der Waals surface area contributed by atoms with Crippen LogP contribution < -0.4 is 5.32 Å². The quantitative estimate of drug-likeness (QED) is 0.872. The van der Waals surface area contributed by atoms with Crippen LogP contribution in [0.25, 0.3) is 0 Å². The largest absolute Gasteiger partial charge is 0.354 e. The topological polar surface area (TPSA) is 35.6 Å². The van der Waals surface area contributed by atoms with Crippen molar-refractivity contribution in [1.29, 1.82) is 0 Å². The van der Waals surface area contributed by atoms with Gasteiger partial charge >= 0.3 is 0 Å². The molecule has 1 fully saturated rings. The molecule has 1 aliphatic heterocycles.